The average Bonchev–Trinajstić information content (AvgIpc) is 3.28. The molecule has 2 saturated carbocycles. The Morgan fingerprint density at radius 2 is 1.53 bits per heavy atom. The summed E-state index contributed by atoms with van der Waals surface area (Å²) in [5.74, 6) is 1.83. The Hall–Kier alpha value is -5.58. The molecular formula is C53H68N6O7. The van der Waals surface area contributed by atoms with Gasteiger partial charge in [0.05, 0.1) is 24.8 Å². The summed E-state index contributed by atoms with van der Waals surface area (Å²) in [6.07, 6.45) is 6.65. The van der Waals surface area contributed by atoms with Gasteiger partial charge < -0.3 is 39.8 Å². The molecule has 0 radical (unpaired) electrons. The molecule has 2 bridgehead atoms. The molecule has 6 aliphatic rings. The van der Waals surface area contributed by atoms with Crippen LogP contribution in [0.25, 0.3) is 0 Å². The van der Waals surface area contributed by atoms with Crippen LogP contribution in [-0.2, 0) is 9.53 Å². The molecular weight excluding hydrogens is 833 g/mol. The predicted molar refractivity (Wildman–Crippen MR) is 254 cm³/mol. The zero-order chi connectivity index (χ0) is 46.8. The van der Waals surface area contributed by atoms with E-state index in [0.29, 0.717) is 78.5 Å². The minimum Gasteiger partial charge on any atom is -0.490 e. The molecule has 13 heteroatoms. The molecule has 2 saturated heterocycles. The first-order chi connectivity index (χ1) is 31.6. The molecule has 13 nitrogen and oxygen atoms in total. The van der Waals surface area contributed by atoms with Crippen LogP contribution in [-0.4, -0.2) is 99.0 Å². The Balaban J connectivity index is 0.828. The molecule has 3 aromatic rings. The number of fused-ring (bicyclic) bond motifs is 8. The van der Waals surface area contributed by atoms with Gasteiger partial charge in [0, 0.05) is 91.1 Å². The Bertz CT molecular complexity index is 2290. The van der Waals surface area contributed by atoms with Crippen LogP contribution >= 0.6 is 0 Å². The lowest BCUT2D eigenvalue weighted by molar-refractivity contribution is -0.164. The van der Waals surface area contributed by atoms with E-state index in [0.717, 1.165) is 87.3 Å². The van der Waals surface area contributed by atoms with E-state index in [4.69, 9.17) is 18.9 Å². The fraction of sp³-hybridized carbons (Fsp3) is 0.547. The number of carbonyl (C=O) groups excluding carboxylic acids is 3. The van der Waals surface area contributed by atoms with E-state index in [1.807, 2.05) is 38.1 Å². The number of rotatable bonds is 9. The minimum absolute atomic E-state index is 0.00212. The molecule has 352 valence electrons. The van der Waals surface area contributed by atoms with Crippen molar-refractivity contribution in [2.45, 2.75) is 123 Å². The van der Waals surface area contributed by atoms with Gasteiger partial charge in [0.15, 0.2) is 11.5 Å². The standard InChI is InChI=1S/C53H68N6O7/c1-33-26-41(27-34(2)43(33)31-54)66-51-52(4,5)50(53(51,6)7)57-47(60)37-11-14-39(15-12-37)58-20-18-36(19-21-58)32-59-22-25-63-23-8-9-24-64-45-17-13-38(28-46(45)65-42-29-40(59)30-42)48(61)56-44-16-10-35(3)55-49(44)62/h11-15,17,26-28,36,40,42,44,50-51H,3,8-10,16,18-25,29-30,32H2,1-2,4-7H3,(H,55,62)(H,56,61)(H,57,60). The van der Waals surface area contributed by atoms with Crippen molar-refractivity contribution in [2.75, 3.05) is 50.9 Å². The monoisotopic (exact) mass is 901 g/mol. The topological polar surface area (TPSA) is 154 Å². The lowest BCUT2D eigenvalue weighted by atomic mass is 9.49. The second kappa shape index (κ2) is 19.7. The van der Waals surface area contributed by atoms with Crippen molar-refractivity contribution in [1.29, 1.82) is 5.26 Å². The first-order valence-corrected chi connectivity index (χ1v) is 24.0. The van der Waals surface area contributed by atoms with E-state index in [2.05, 4.69) is 78.2 Å². The predicted octanol–water partition coefficient (Wildman–Crippen LogP) is 7.63. The number of ether oxygens (including phenoxy) is 4. The number of hydrogen-bond acceptors (Lipinski definition) is 10. The van der Waals surface area contributed by atoms with Gasteiger partial charge in [0.1, 0.15) is 24.0 Å². The highest BCUT2D eigenvalue weighted by atomic mass is 16.5. The highest BCUT2D eigenvalue weighted by molar-refractivity contribution is 5.98. The van der Waals surface area contributed by atoms with Crippen LogP contribution in [0.15, 0.2) is 66.9 Å². The van der Waals surface area contributed by atoms with Crippen molar-refractivity contribution in [3.8, 4) is 23.3 Å². The van der Waals surface area contributed by atoms with Crippen molar-refractivity contribution in [3.05, 3.63) is 94.7 Å². The number of allylic oxidation sites excluding steroid dienone is 1. The fourth-order valence-electron chi connectivity index (χ4n) is 11.2. The quantitative estimate of drug-likeness (QED) is 0.195. The van der Waals surface area contributed by atoms with Crippen molar-refractivity contribution in [2.24, 2.45) is 16.7 Å². The highest BCUT2D eigenvalue weighted by Crippen LogP contribution is 2.55. The zero-order valence-corrected chi connectivity index (χ0v) is 39.7. The highest BCUT2D eigenvalue weighted by Gasteiger charge is 2.64. The summed E-state index contributed by atoms with van der Waals surface area (Å²) >= 11 is 0. The lowest BCUT2D eigenvalue weighted by Gasteiger charge is -2.63. The SMILES string of the molecule is C=C1CCC(NC(=O)c2ccc3c(c2)OC2CC(C2)N(CC2CCN(c4ccc(C(=O)NC5C(C)(C)C(Oc6cc(C)c(C#N)c(C)c6)C5(C)C)cc4)CC2)CCOCCCCO3)C(=O)N1. The third kappa shape index (κ3) is 10.2. The third-order valence-corrected chi connectivity index (χ3v) is 14.8. The first kappa shape index (κ1) is 46.9. The summed E-state index contributed by atoms with van der Waals surface area (Å²) in [7, 11) is 0. The van der Waals surface area contributed by atoms with Crippen LogP contribution in [0.2, 0.25) is 0 Å². The van der Waals surface area contributed by atoms with Crippen LogP contribution in [0, 0.1) is 41.9 Å². The number of piperidine rings is 2. The van der Waals surface area contributed by atoms with E-state index in [1.165, 1.54) is 0 Å². The Morgan fingerprint density at radius 3 is 2.21 bits per heavy atom. The third-order valence-electron chi connectivity index (χ3n) is 14.8. The minimum atomic E-state index is -0.607. The van der Waals surface area contributed by atoms with Crippen molar-refractivity contribution >= 4 is 23.4 Å². The molecule has 0 aromatic heterocycles. The number of nitrogens with one attached hydrogen (secondary N) is 3. The maximum atomic E-state index is 13.7. The van der Waals surface area contributed by atoms with Gasteiger partial charge >= 0.3 is 0 Å². The number of anilines is 1. The van der Waals surface area contributed by atoms with Gasteiger partial charge in [0.25, 0.3) is 11.8 Å². The summed E-state index contributed by atoms with van der Waals surface area (Å²) in [6.45, 7) is 22.0. The van der Waals surface area contributed by atoms with Crippen LogP contribution in [0.1, 0.15) is 116 Å². The molecule has 4 fully saturated rings. The number of nitriles is 1. The fourth-order valence-corrected chi connectivity index (χ4v) is 11.2. The second-order valence-corrected chi connectivity index (χ2v) is 20.4. The molecule has 4 aliphatic heterocycles. The summed E-state index contributed by atoms with van der Waals surface area (Å²) < 4.78 is 25.4. The normalized spacial score (nSPS) is 25.7. The summed E-state index contributed by atoms with van der Waals surface area (Å²) in [5.41, 5.74) is 4.72. The van der Waals surface area contributed by atoms with Gasteiger partial charge in [-0.3, -0.25) is 19.3 Å². The zero-order valence-electron chi connectivity index (χ0n) is 39.7. The van der Waals surface area contributed by atoms with Crippen molar-refractivity contribution < 1.29 is 33.3 Å². The van der Waals surface area contributed by atoms with Crippen LogP contribution in [0.3, 0.4) is 0 Å². The summed E-state index contributed by atoms with van der Waals surface area (Å²) in [4.78, 5) is 44.5. The molecule has 66 heavy (non-hydrogen) atoms. The number of hydrogen-bond donors (Lipinski definition) is 3. The molecule has 2 aliphatic carbocycles. The lowest BCUT2D eigenvalue weighted by Crippen LogP contribution is -2.74. The number of carbonyl (C=O) groups is 3. The number of nitrogens with zero attached hydrogens (tertiary/aromatic N) is 3. The van der Waals surface area contributed by atoms with E-state index >= 15 is 0 Å². The maximum absolute atomic E-state index is 13.7. The first-order valence-electron chi connectivity index (χ1n) is 24.0. The van der Waals surface area contributed by atoms with Gasteiger partial charge in [-0.2, -0.15) is 5.26 Å². The largest absolute Gasteiger partial charge is 0.490 e. The summed E-state index contributed by atoms with van der Waals surface area (Å²) in [5, 5.41) is 18.5. The molecule has 9 rings (SSSR count). The number of benzene rings is 3. The van der Waals surface area contributed by atoms with Gasteiger partial charge in [-0.25, -0.2) is 0 Å². The van der Waals surface area contributed by atoms with E-state index < -0.39 is 6.04 Å². The maximum Gasteiger partial charge on any atom is 0.252 e. The van der Waals surface area contributed by atoms with Gasteiger partial charge in [-0.15, -0.1) is 0 Å². The van der Waals surface area contributed by atoms with Crippen molar-refractivity contribution in [1.82, 2.24) is 20.9 Å². The van der Waals surface area contributed by atoms with E-state index in [-0.39, 0.29) is 46.8 Å². The van der Waals surface area contributed by atoms with Gasteiger partial charge in [-0.1, -0.05) is 34.3 Å². The number of amides is 3. The second-order valence-electron chi connectivity index (χ2n) is 20.4. The Kier molecular flexibility index (Phi) is 14.0. The van der Waals surface area contributed by atoms with Crippen LogP contribution in [0.5, 0.6) is 17.2 Å². The average molecular weight is 901 g/mol. The van der Waals surface area contributed by atoms with Crippen LogP contribution in [0.4, 0.5) is 5.69 Å². The van der Waals surface area contributed by atoms with Gasteiger partial charge in [-0.05, 0) is 124 Å². The van der Waals surface area contributed by atoms with E-state index in [9.17, 15) is 19.6 Å². The molecule has 3 aromatic carbocycles. The molecule has 1 atom stereocenters. The van der Waals surface area contributed by atoms with Crippen LogP contribution < -0.4 is 35.1 Å². The smallest absolute Gasteiger partial charge is 0.252 e. The summed E-state index contributed by atoms with van der Waals surface area (Å²) in [6, 6.07) is 19.1. The molecule has 3 amide bonds. The number of aryl methyl sites for hydroxylation is 2. The van der Waals surface area contributed by atoms with Gasteiger partial charge in [0.2, 0.25) is 5.91 Å². The molecule has 0 spiro atoms. The Labute approximate surface area is 390 Å². The molecule has 4 heterocycles. The molecule has 1 unspecified atom stereocenters. The Morgan fingerprint density at radius 1 is 0.864 bits per heavy atom. The van der Waals surface area contributed by atoms with Crippen molar-refractivity contribution in [3.63, 3.8) is 0 Å². The van der Waals surface area contributed by atoms with E-state index in [1.54, 1.807) is 18.2 Å². The molecule has 3 N–H and O–H groups in total.